The number of unbranched alkanes of at least 4 members (excludes halogenated alkanes) is 1. The molecule has 2 N–H and O–H groups in total. The molecule has 0 saturated heterocycles. The Morgan fingerprint density at radius 1 is 1.18 bits per heavy atom. The fourth-order valence-electron chi connectivity index (χ4n) is 4.36. The van der Waals surface area contributed by atoms with Crippen molar-refractivity contribution in [2.75, 3.05) is 6.61 Å². The van der Waals surface area contributed by atoms with Crippen LogP contribution < -0.4 is 10.5 Å². The van der Waals surface area contributed by atoms with Crippen molar-refractivity contribution in [2.45, 2.75) is 44.9 Å². The quantitative estimate of drug-likeness (QED) is 0.768. The molecule has 0 amide bonds. The molecular weight excluding hydrogens is 348 g/mol. The molecular formula is C23H24N4O. The molecule has 0 fully saturated rings. The first-order chi connectivity index (χ1) is 13.6. The molecule has 142 valence electrons. The van der Waals surface area contributed by atoms with Crippen molar-refractivity contribution in [3.05, 3.63) is 52.7 Å². The second-order valence-corrected chi connectivity index (χ2v) is 7.38. The summed E-state index contributed by atoms with van der Waals surface area (Å²) < 4.78 is 5.74. The standard InChI is InChI=1S/C23H24N4O/c1-2-3-12-28-17-10-8-16(9-11-17)21-19-7-5-4-6-18(19)20(13-24)22(27)23(21,14-25)15-26/h6,8-11,19,21H,2-5,7,12,27H2,1H3/t19-,21+/m0/s1. The van der Waals surface area contributed by atoms with Gasteiger partial charge in [0.25, 0.3) is 0 Å². The summed E-state index contributed by atoms with van der Waals surface area (Å²) in [6.45, 7) is 2.78. The second kappa shape index (κ2) is 8.20. The lowest BCUT2D eigenvalue weighted by Crippen LogP contribution is -2.42. The number of nitrogens with two attached hydrogens (primary N) is 1. The van der Waals surface area contributed by atoms with E-state index in [4.69, 9.17) is 10.5 Å². The van der Waals surface area contributed by atoms with E-state index in [1.165, 1.54) is 0 Å². The third-order valence-corrected chi connectivity index (χ3v) is 5.81. The van der Waals surface area contributed by atoms with Crippen LogP contribution in [0.1, 0.15) is 50.5 Å². The van der Waals surface area contributed by atoms with E-state index in [0.29, 0.717) is 12.2 Å². The van der Waals surface area contributed by atoms with Gasteiger partial charge in [-0.25, -0.2) is 0 Å². The highest BCUT2D eigenvalue weighted by Crippen LogP contribution is 2.55. The number of allylic oxidation sites excluding steroid dienone is 4. The minimum Gasteiger partial charge on any atom is -0.494 e. The number of fused-ring (bicyclic) bond motifs is 1. The largest absolute Gasteiger partial charge is 0.494 e. The van der Waals surface area contributed by atoms with E-state index in [2.05, 4.69) is 25.1 Å². The van der Waals surface area contributed by atoms with Crippen molar-refractivity contribution < 1.29 is 4.74 Å². The van der Waals surface area contributed by atoms with Crippen molar-refractivity contribution in [1.29, 1.82) is 15.8 Å². The molecule has 0 radical (unpaired) electrons. The summed E-state index contributed by atoms with van der Waals surface area (Å²) in [5.41, 5.74) is 6.89. The number of benzene rings is 1. The SMILES string of the molecule is CCCCOc1ccc([C@@H]2[C@H]3CCCC=C3C(C#N)=C(N)C2(C#N)C#N)cc1. The van der Waals surface area contributed by atoms with Crippen molar-refractivity contribution in [2.24, 2.45) is 17.1 Å². The number of hydrogen-bond acceptors (Lipinski definition) is 5. The van der Waals surface area contributed by atoms with Crippen molar-refractivity contribution in [1.82, 2.24) is 0 Å². The average molecular weight is 372 g/mol. The van der Waals surface area contributed by atoms with Crippen LogP contribution in [-0.2, 0) is 0 Å². The highest BCUT2D eigenvalue weighted by Gasteiger charge is 2.53. The van der Waals surface area contributed by atoms with Crippen molar-refractivity contribution in [3.8, 4) is 24.0 Å². The highest BCUT2D eigenvalue weighted by molar-refractivity contribution is 5.59. The molecule has 3 rings (SSSR count). The van der Waals surface area contributed by atoms with Crippen molar-refractivity contribution >= 4 is 0 Å². The fourth-order valence-corrected chi connectivity index (χ4v) is 4.36. The van der Waals surface area contributed by atoms with Gasteiger partial charge in [0.2, 0.25) is 0 Å². The van der Waals surface area contributed by atoms with Crippen LogP contribution in [0.3, 0.4) is 0 Å². The second-order valence-electron chi connectivity index (χ2n) is 7.38. The fraction of sp³-hybridized carbons (Fsp3) is 0.435. The number of rotatable bonds is 5. The van der Waals surface area contributed by atoms with Crippen LogP contribution in [0, 0.1) is 45.3 Å². The predicted octanol–water partition coefficient (Wildman–Crippen LogP) is 4.46. The molecule has 0 saturated carbocycles. The molecule has 0 aliphatic heterocycles. The minimum absolute atomic E-state index is 0.0677. The molecule has 0 aromatic heterocycles. The first-order valence-corrected chi connectivity index (χ1v) is 9.79. The van der Waals surface area contributed by atoms with E-state index in [1.807, 2.05) is 30.3 Å². The Morgan fingerprint density at radius 3 is 2.50 bits per heavy atom. The lowest BCUT2D eigenvalue weighted by molar-refractivity contribution is 0.306. The zero-order valence-electron chi connectivity index (χ0n) is 16.1. The summed E-state index contributed by atoms with van der Waals surface area (Å²) in [5, 5.41) is 29.7. The summed E-state index contributed by atoms with van der Waals surface area (Å²) in [6, 6.07) is 14.1. The van der Waals surface area contributed by atoms with Gasteiger partial charge in [-0.2, -0.15) is 15.8 Å². The van der Waals surface area contributed by atoms with Gasteiger partial charge in [0.1, 0.15) is 11.8 Å². The Kier molecular flexibility index (Phi) is 5.72. The van der Waals surface area contributed by atoms with E-state index in [1.54, 1.807) is 0 Å². The summed E-state index contributed by atoms with van der Waals surface area (Å²) in [7, 11) is 0. The maximum atomic E-state index is 10.0. The molecule has 1 aromatic carbocycles. The Balaban J connectivity index is 2.08. The zero-order chi connectivity index (χ0) is 20.1. The molecule has 0 unspecified atom stereocenters. The average Bonchev–Trinajstić information content (AvgIpc) is 2.74. The van der Waals surface area contributed by atoms with Gasteiger partial charge < -0.3 is 10.5 Å². The molecule has 0 bridgehead atoms. The molecule has 2 aliphatic carbocycles. The van der Waals surface area contributed by atoms with Crippen LogP contribution in [0.25, 0.3) is 0 Å². The third-order valence-electron chi connectivity index (χ3n) is 5.81. The van der Waals surface area contributed by atoms with Crippen LogP contribution >= 0.6 is 0 Å². The molecule has 0 spiro atoms. The van der Waals surface area contributed by atoms with Gasteiger partial charge in [0, 0.05) is 5.92 Å². The minimum atomic E-state index is -1.55. The van der Waals surface area contributed by atoms with Gasteiger partial charge in [-0.05, 0) is 54.9 Å². The number of ether oxygens (including phenoxy) is 1. The first kappa shape index (κ1) is 19.5. The van der Waals surface area contributed by atoms with E-state index in [-0.39, 0.29) is 11.6 Å². The normalized spacial score (nSPS) is 22.9. The lowest BCUT2D eigenvalue weighted by atomic mass is 9.57. The van der Waals surface area contributed by atoms with Crippen molar-refractivity contribution in [3.63, 3.8) is 0 Å². The molecule has 1 aromatic rings. The Hall–Kier alpha value is -3.23. The smallest absolute Gasteiger partial charge is 0.191 e. The molecule has 5 nitrogen and oxygen atoms in total. The molecule has 0 heterocycles. The number of hydrogen-bond donors (Lipinski definition) is 1. The molecule has 2 atom stereocenters. The number of nitrogens with zero attached hydrogens (tertiary/aromatic N) is 3. The van der Waals surface area contributed by atoms with Gasteiger partial charge in [0.05, 0.1) is 30.0 Å². The summed E-state index contributed by atoms with van der Waals surface area (Å²) >= 11 is 0. The monoisotopic (exact) mass is 372 g/mol. The van der Waals surface area contributed by atoms with Gasteiger partial charge in [-0.3, -0.25) is 0 Å². The first-order valence-electron chi connectivity index (χ1n) is 9.79. The van der Waals surface area contributed by atoms with E-state index < -0.39 is 11.3 Å². The van der Waals surface area contributed by atoms with Crippen LogP contribution in [0.5, 0.6) is 5.75 Å². The topological polar surface area (TPSA) is 107 Å². The van der Waals surface area contributed by atoms with E-state index in [9.17, 15) is 15.8 Å². The summed E-state index contributed by atoms with van der Waals surface area (Å²) in [5.74, 6) is 0.297. The van der Waals surface area contributed by atoms with Gasteiger partial charge in [-0.15, -0.1) is 0 Å². The van der Waals surface area contributed by atoms with Gasteiger partial charge >= 0.3 is 0 Å². The maximum Gasteiger partial charge on any atom is 0.191 e. The van der Waals surface area contributed by atoms with Crippen LogP contribution in [-0.4, -0.2) is 6.61 Å². The molecule has 28 heavy (non-hydrogen) atoms. The lowest BCUT2D eigenvalue weighted by Gasteiger charge is -2.43. The molecule has 2 aliphatic rings. The Labute approximate surface area is 166 Å². The Bertz CT molecular complexity index is 907. The van der Waals surface area contributed by atoms with Gasteiger partial charge in [-0.1, -0.05) is 31.6 Å². The van der Waals surface area contributed by atoms with E-state index in [0.717, 1.165) is 49.0 Å². The summed E-state index contributed by atoms with van der Waals surface area (Å²) in [4.78, 5) is 0. The van der Waals surface area contributed by atoms with Crippen LogP contribution in [0.15, 0.2) is 47.2 Å². The highest BCUT2D eigenvalue weighted by atomic mass is 16.5. The number of nitriles is 3. The van der Waals surface area contributed by atoms with E-state index >= 15 is 0 Å². The third kappa shape index (κ3) is 3.12. The summed E-state index contributed by atoms with van der Waals surface area (Å²) in [6.07, 6.45) is 6.78. The predicted molar refractivity (Wildman–Crippen MR) is 105 cm³/mol. The van der Waals surface area contributed by atoms with Gasteiger partial charge in [0.15, 0.2) is 5.41 Å². The molecule has 5 heteroatoms. The zero-order valence-corrected chi connectivity index (χ0v) is 16.1. The van der Waals surface area contributed by atoms with Crippen LogP contribution in [0.2, 0.25) is 0 Å². The Morgan fingerprint density at radius 2 is 1.89 bits per heavy atom. The van der Waals surface area contributed by atoms with Crippen LogP contribution in [0.4, 0.5) is 0 Å². The maximum absolute atomic E-state index is 10.0.